The first-order valence-corrected chi connectivity index (χ1v) is 9.40. The second kappa shape index (κ2) is 8.89. The highest BCUT2D eigenvalue weighted by molar-refractivity contribution is 6.32. The molecule has 2 N–H and O–H groups in total. The van der Waals surface area contributed by atoms with E-state index in [1.165, 1.54) is 13.0 Å². The Balaban J connectivity index is 1.48. The number of carbonyl (C=O) groups excluding carboxylic acids is 3. The lowest BCUT2D eigenvalue weighted by atomic mass is 10.1. The standard InChI is InChI=1S/C21H21ClN2O4/c1-13(25)16-7-8-19(18(22)10-16)28-12-20(26)23-11-14-3-2-4-17(9-14)24-21(27)15-5-6-15/h2-4,7-10,15H,5-6,11-12H2,1H3,(H,23,26)(H,24,27). The average molecular weight is 401 g/mol. The first-order valence-electron chi connectivity index (χ1n) is 9.02. The maximum atomic E-state index is 12.0. The fourth-order valence-electron chi connectivity index (χ4n) is 2.58. The number of benzene rings is 2. The first kappa shape index (κ1) is 19.9. The number of anilines is 1. The molecule has 1 fully saturated rings. The molecule has 0 atom stereocenters. The van der Waals surface area contributed by atoms with Gasteiger partial charge in [-0.25, -0.2) is 0 Å². The molecule has 7 heteroatoms. The van der Waals surface area contributed by atoms with Gasteiger partial charge < -0.3 is 15.4 Å². The molecule has 1 saturated carbocycles. The Kier molecular flexibility index (Phi) is 6.31. The van der Waals surface area contributed by atoms with Crippen LogP contribution in [0.15, 0.2) is 42.5 Å². The molecule has 0 saturated heterocycles. The van der Waals surface area contributed by atoms with E-state index in [-0.39, 0.29) is 35.1 Å². The smallest absolute Gasteiger partial charge is 0.258 e. The molecular formula is C21H21ClN2O4. The Morgan fingerprint density at radius 1 is 1.14 bits per heavy atom. The third-order valence-electron chi connectivity index (χ3n) is 4.33. The van der Waals surface area contributed by atoms with Crippen LogP contribution in [0.1, 0.15) is 35.7 Å². The molecule has 0 bridgehead atoms. The second-order valence-electron chi connectivity index (χ2n) is 6.73. The van der Waals surface area contributed by atoms with E-state index in [0.717, 1.165) is 24.1 Å². The third kappa shape index (κ3) is 5.57. The topological polar surface area (TPSA) is 84.5 Å². The number of ketones is 1. The van der Waals surface area contributed by atoms with Crippen molar-refractivity contribution in [3.05, 3.63) is 58.6 Å². The first-order chi connectivity index (χ1) is 13.4. The number of halogens is 1. The molecule has 0 spiro atoms. The van der Waals surface area contributed by atoms with E-state index in [1.807, 2.05) is 24.3 Å². The van der Waals surface area contributed by atoms with Crippen molar-refractivity contribution in [2.24, 2.45) is 5.92 Å². The Morgan fingerprint density at radius 2 is 1.93 bits per heavy atom. The molecule has 2 aromatic rings. The number of nitrogens with one attached hydrogen (secondary N) is 2. The van der Waals surface area contributed by atoms with Crippen LogP contribution in [0.3, 0.4) is 0 Å². The van der Waals surface area contributed by atoms with Crippen molar-refractivity contribution in [3.8, 4) is 5.75 Å². The highest BCUT2D eigenvalue weighted by atomic mass is 35.5. The van der Waals surface area contributed by atoms with Gasteiger partial charge in [-0.2, -0.15) is 0 Å². The maximum Gasteiger partial charge on any atom is 0.258 e. The Bertz CT molecular complexity index is 909. The monoisotopic (exact) mass is 400 g/mol. The third-order valence-corrected chi connectivity index (χ3v) is 4.62. The largest absolute Gasteiger partial charge is 0.482 e. The van der Waals surface area contributed by atoms with Crippen LogP contribution in [0.5, 0.6) is 5.75 Å². The fraction of sp³-hybridized carbons (Fsp3) is 0.286. The van der Waals surface area contributed by atoms with Gasteiger partial charge in [-0.15, -0.1) is 0 Å². The molecule has 28 heavy (non-hydrogen) atoms. The maximum absolute atomic E-state index is 12.0. The molecule has 1 aliphatic rings. The van der Waals surface area contributed by atoms with Crippen molar-refractivity contribution in [1.82, 2.24) is 5.32 Å². The van der Waals surface area contributed by atoms with Crippen molar-refractivity contribution in [3.63, 3.8) is 0 Å². The summed E-state index contributed by atoms with van der Waals surface area (Å²) in [6.07, 6.45) is 1.89. The summed E-state index contributed by atoms with van der Waals surface area (Å²) in [7, 11) is 0. The summed E-state index contributed by atoms with van der Waals surface area (Å²) in [5, 5.41) is 5.92. The molecule has 2 aromatic carbocycles. The number of rotatable bonds is 8. The lowest BCUT2D eigenvalue weighted by molar-refractivity contribution is -0.123. The summed E-state index contributed by atoms with van der Waals surface area (Å²) < 4.78 is 5.42. The van der Waals surface area contributed by atoms with Crippen LogP contribution >= 0.6 is 11.6 Å². The molecular weight excluding hydrogens is 380 g/mol. The molecule has 3 rings (SSSR count). The highest BCUT2D eigenvalue weighted by Crippen LogP contribution is 2.30. The lowest BCUT2D eigenvalue weighted by Gasteiger charge is -2.10. The van der Waals surface area contributed by atoms with E-state index >= 15 is 0 Å². The fourth-order valence-corrected chi connectivity index (χ4v) is 2.82. The van der Waals surface area contributed by atoms with Crippen LogP contribution in [0.2, 0.25) is 5.02 Å². The van der Waals surface area contributed by atoms with E-state index in [0.29, 0.717) is 17.9 Å². The Labute approximate surface area is 168 Å². The molecule has 0 unspecified atom stereocenters. The van der Waals surface area contributed by atoms with Gasteiger partial charge >= 0.3 is 0 Å². The van der Waals surface area contributed by atoms with Gasteiger partial charge in [-0.1, -0.05) is 23.7 Å². The number of hydrogen-bond acceptors (Lipinski definition) is 4. The number of amides is 2. The Hall–Kier alpha value is -2.86. The van der Waals surface area contributed by atoms with Crippen molar-refractivity contribution < 1.29 is 19.1 Å². The van der Waals surface area contributed by atoms with E-state index < -0.39 is 0 Å². The van der Waals surface area contributed by atoms with Crippen molar-refractivity contribution in [2.45, 2.75) is 26.3 Å². The molecule has 1 aliphatic carbocycles. The van der Waals surface area contributed by atoms with Crippen LogP contribution < -0.4 is 15.4 Å². The van der Waals surface area contributed by atoms with Crippen molar-refractivity contribution in [2.75, 3.05) is 11.9 Å². The SMILES string of the molecule is CC(=O)c1ccc(OCC(=O)NCc2cccc(NC(=O)C3CC3)c2)c(Cl)c1. The van der Waals surface area contributed by atoms with Crippen LogP contribution in [0.25, 0.3) is 0 Å². The number of Topliss-reactive ketones (excluding diaryl/α,β-unsaturated/α-hetero) is 1. The number of ether oxygens (including phenoxy) is 1. The van der Waals surface area contributed by atoms with Gasteiger partial charge in [-0.05, 0) is 55.7 Å². The minimum absolute atomic E-state index is 0.0438. The van der Waals surface area contributed by atoms with Crippen molar-refractivity contribution >= 4 is 34.9 Å². The summed E-state index contributed by atoms with van der Waals surface area (Å²) in [5.74, 6) is 0.117. The molecule has 0 aliphatic heterocycles. The summed E-state index contributed by atoms with van der Waals surface area (Å²) in [5.41, 5.74) is 2.07. The van der Waals surface area contributed by atoms with Gasteiger partial charge in [0, 0.05) is 23.7 Å². The second-order valence-corrected chi connectivity index (χ2v) is 7.14. The van der Waals surface area contributed by atoms with E-state index in [4.69, 9.17) is 16.3 Å². The predicted molar refractivity (Wildman–Crippen MR) is 107 cm³/mol. The minimum Gasteiger partial charge on any atom is -0.482 e. The van der Waals surface area contributed by atoms with Gasteiger partial charge in [-0.3, -0.25) is 14.4 Å². The normalized spacial score (nSPS) is 12.9. The lowest BCUT2D eigenvalue weighted by Crippen LogP contribution is -2.28. The zero-order valence-corrected chi connectivity index (χ0v) is 16.2. The molecule has 2 amide bonds. The molecule has 6 nitrogen and oxygen atoms in total. The Morgan fingerprint density at radius 3 is 2.61 bits per heavy atom. The zero-order valence-electron chi connectivity index (χ0n) is 15.5. The summed E-state index contributed by atoms with van der Waals surface area (Å²) in [6, 6.07) is 12.0. The van der Waals surface area contributed by atoms with Gasteiger partial charge in [0.1, 0.15) is 5.75 Å². The van der Waals surface area contributed by atoms with Crippen LogP contribution in [0, 0.1) is 5.92 Å². The van der Waals surface area contributed by atoms with Gasteiger partial charge in [0.2, 0.25) is 5.91 Å². The summed E-state index contributed by atoms with van der Waals surface area (Å²) in [4.78, 5) is 35.2. The van der Waals surface area contributed by atoms with Crippen LogP contribution in [-0.2, 0) is 16.1 Å². The predicted octanol–water partition coefficient (Wildman–Crippen LogP) is 3.59. The van der Waals surface area contributed by atoms with E-state index in [9.17, 15) is 14.4 Å². The minimum atomic E-state index is -0.306. The van der Waals surface area contributed by atoms with Crippen LogP contribution in [0.4, 0.5) is 5.69 Å². The van der Waals surface area contributed by atoms with E-state index in [2.05, 4.69) is 10.6 Å². The molecule has 0 aromatic heterocycles. The number of carbonyl (C=O) groups is 3. The molecule has 0 heterocycles. The number of hydrogen-bond donors (Lipinski definition) is 2. The molecule has 0 radical (unpaired) electrons. The quantitative estimate of drug-likeness (QED) is 0.663. The summed E-state index contributed by atoms with van der Waals surface area (Å²) >= 11 is 6.07. The van der Waals surface area contributed by atoms with Gasteiger partial charge in [0.25, 0.3) is 5.91 Å². The van der Waals surface area contributed by atoms with Gasteiger partial charge in [0.05, 0.1) is 5.02 Å². The van der Waals surface area contributed by atoms with E-state index in [1.54, 1.807) is 12.1 Å². The zero-order chi connectivity index (χ0) is 20.1. The summed E-state index contributed by atoms with van der Waals surface area (Å²) in [6.45, 7) is 1.57. The molecule has 146 valence electrons. The highest BCUT2D eigenvalue weighted by Gasteiger charge is 2.29. The van der Waals surface area contributed by atoms with Crippen LogP contribution in [-0.4, -0.2) is 24.2 Å². The van der Waals surface area contributed by atoms with Crippen molar-refractivity contribution in [1.29, 1.82) is 0 Å². The average Bonchev–Trinajstić information content (AvgIpc) is 3.51. The van der Waals surface area contributed by atoms with Gasteiger partial charge in [0.15, 0.2) is 12.4 Å².